The highest BCUT2D eigenvalue weighted by Gasteiger charge is 2.32. The van der Waals surface area contributed by atoms with E-state index in [1.807, 2.05) is 12.1 Å². The number of halogens is 1. The van der Waals surface area contributed by atoms with E-state index in [0.29, 0.717) is 11.4 Å². The van der Waals surface area contributed by atoms with Crippen LogP contribution in [0.5, 0.6) is 0 Å². The molecule has 2 heterocycles. The van der Waals surface area contributed by atoms with Crippen LogP contribution in [0.25, 0.3) is 5.69 Å². The third kappa shape index (κ3) is 2.14. The molecule has 1 aliphatic rings. The number of anilines is 1. The van der Waals surface area contributed by atoms with E-state index in [1.54, 1.807) is 29.1 Å². The number of hydrogen-bond donors (Lipinski definition) is 0. The van der Waals surface area contributed by atoms with Crippen LogP contribution in [0.4, 0.5) is 14.9 Å². The number of amides is 1. The first kappa shape index (κ1) is 12.7. The third-order valence-corrected chi connectivity index (χ3v) is 3.17. The molecule has 0 spiro atoms. The molecule has 0 saturated carbocycles. The average molecular weight is 276 g/mol. The summed E-state index contributed by atoms with van der Waals surface area (Å²) >= 11 is 0. The van der Waals surface area contributed by atoms with E-state index in [4.69, 9.17) is 9.47 Å². The summed E-state index contributed by atoms with van der Waals surface area (Å²) in [6, 6.07) is 8.24. The van der Waals surface area contributed by atoms with Crippen molar-refractivity contribution in [1.82, 2.24) is 4.57 Å². The van der Waals surface area contributed by atoms with Crippen molar-refractivity contribution in [3.8, 4) is 5.69 Å². The average Bonchev–Trinajstić information content (AvgIpc) is 3.07. The number of nitrogens with zero attached hydrogens (tertiary/aromatic N) is 2. The first-order chi connectivity index (χ1) is 9.69. The number of benzene rings is 1. The molecule has 1 amide bonds. The van der Waals surface area contributed by atoms with E-state index in [-0.39, 0.29) is 6.54 Å². The Hall–Kier alpha value is -2.34. The molecule has 6 heteroatoms. The molecule has 0 radical (unpaired) electrons. The molecule has 1 fully saturated rings. The van der Waals surface area contributed by atoms with Crippen molar-refractivity contribution in [2.75, 3.05) is 18.6 Å². The summed E-state index contributed by atoms with van der Waals surface area (Å²) < 4.78 is 25.7. The van der Waals surface area contributed by atoms with Crippen molar-refractivity contribution in [3.63, 3.8) is 0 Å². The van der Waals surface area contributed by atoms with E-state index in [2.05, 4.69) is 0 Å². The Balaban J connectivity index is 1.89. The van der Waals surface area contributed by atoms with Crippen molar-refractivity contribution >= 4 is 11.8 Å². The molecule has 1 aliphatic heterocycles. The topological polar surface area (TPSA) is 43.7 Å². The zero-order valence-electron chi connectivity index (χ0n) is 10.8. The minimum atomic E-state index is -0.616. The third-order valence-electron chi connectivity index (χ3n) is 3.17. The monoisotopic (exact) mass is 276 g/mol. The lowest BCUT2D eigenvalue weighted by Gasteiger charge is -2.14. The normalized spacial score (nSPS) is 18.4. The van der Waals surface area contributed by atoms with Gasteiger partial charge in [0, 0.05) is 19.5 Å². The van der Waals surface area contributed by atoms with Gasteiger partial charge in [-0.15, -0.1) is 0 Å². The summed E-state index contributed by atoms with van der Waals surface area (Å²) in [6.45, 7) is 0.248. The number of aromatic nitrogens is 1. The fourth-order valence-electron chi connectivity index (χ4n) is 2.14. The fourth-order valence-corrected chi connectivity index (χ4v) is 2.14. The van der Waals surface area contributed by atoms with Gasteiger partial charge in [-0.1, -0.05) is 0 Å². The SMILES string of the molecule is CO[C@@H]1CN(c2ccc(-n3cccc3)c(F)c2)C(=O)O1. The predicted octanol–water partition coefficient (Wildman–Crippen LogP) is 2.55. The Morgan fingerprint density at radius 2 is 2.10 bits per heavy atom. The zero-order valence-corrected chi connectivity index (χ0v) is 10.8. The molecule has 1 aromatic heterocycles. The van der Waals surface area contributed by atoms with E-state index in [9.17, 15) is 9.18 Å². The lowest BCUT2D eigenvalue weighted by atomic mass is 10.2. The number of hydrogen-bond acceptors (Lipinski definition) is 3. The van der Waals surface area contributed by atoms with Crippen molar-refractivity contribution < 1.29 is 18.7 Å². The first-order valence-corrected chi connectivity index (χ1v) is 6.13. The van der Waals surface area contributed by atoms with E-state index in [1.165, 1.54) is 18.1 Å². The Bertz CT molecular complexity index is 627. The van der Waals surface area contributed by atoms with Crippen molar-refractivity contribution in [1.29, 1.82) is 0 Å². The lowest BCUT2D eigenvalue weighted by molar-refractivity contribution is -0.0488. The Morgan fingerprint density at radius 3 is 2.70 bits per heavy atom. The van der Waals surface area contributed by atoms with Crippen LogP contribution < -0.4 is 4.90 Å². The van der Waals surface area contributed by atoms with E-state index >= 15 is 0 Å². The summed E-state index contributed by atoms with van der Waals surface area (Å²) in [7, 11) is 1.46. The molecule has 20 heavy (non-hydrogen) atoms. The van der Waals surface area contributed by atoms with Crippen LogP contribution in [0.2, 0.25) is 0 Å². The van der Waals surface area contributed by atoms with Crippen molar-refractivity contribution in [2.24, 2.45) is 0 Å². The Kier molecular flexibility index (Phi) is 3.15. The maximum absolute atomic E-state index is 14.1. The highest BCUT2D eigenvalue weighted by molar-refractivity contribution is 5.89. The molecular formula is C14H13FN2O3. The molecule has 1 aromatic carbocycles. The van der Waals surface area contributed by atoms with Gasteiger partial charge in [-0.3, -0.25) is 4.90 Å². The lowest BCUT2D eigenvalue weighted by Crippen LogP contribution is -2.25. The quantitative estimate of drug-likeness (QED) is 0.865. The fraction of sp³-hybridized carbons (Fsp3) is 0.214. The maximum atomic E-state index is 14.1. The summed E-state index contributed by atoms with van der Waals surface area (Å²) in [4.78, 5) is 13.0. The van der Waals surface area contributed by atoms with E-state index in [0.717, 1.165) is 0 Å². The summed E-state index contributed by atoms with van der Waals surface area (Å²) in [5.74, 6) is -0.410. The van der Waals surface area contributed by atoms with Gasteiger partial charge in [0.2, 0.25) is 6.29 Å². The number of methoxy groups -OCH3 is 1. The molecule has 0 N–H and O–H groups in total. The number of carbonyl (C=O) groups is 1. The van der Waals surface area contributed by atoms with Crippen molar-refractivity contribution in [2.45, 2.75) is 6.29 Å². The predicted molar refractivity (Wildman–Crippen MR) is 70.4 cm³/mol. The van der Waals surface area contributed by atoms with E-state index < -0.39 is 18.2 Å². The van der Waals surface area contributed by atoms with Gasteiger partial charge in [-0.25, -0.2) is 9.18 Å². The highest BCUT2D eigenvalue weighted by atomic mass is 19.1. The van der Waals surface area contributed by atoms with Crippen LogP contribution in [0, 0.1) is 5.82 Å². The van der Waals surface area contributed by atoms with Gasteiger partial charge in [-0.2, -0.15) is 0 Å². The van der Waals surface area contributed by atoms with Crippen LogP contribution in [0.3, 0.4) is 0 Å². The van der Waals surface area contributed by atoms with Gasteiger partial charge in [0.15, 0.2) is 0 Å². The molecular weight excluding hydrogens is 263 g/mol. The van der Waals surface area contributed by atoms with Crippen molar-refractivity contribution in [3.05, 3.63) is 48.5 Å². The second-order valence-corrected chi connectivity index (χ2v) is 4.39. The van der Waals surface area contributed by atoms with Gasteiger partial charge < -0.3 is 14.0 Å². The molecule has 5 nitrogen and oxygen atoms in total. The summed E-state index contributed by atoms with van der Waals surface area (Å²) in [5.41, 5.74) is 0.873. The standard InChI is InChI=1S/C14H13FN2O3/c1-19-13-9-17(14(18)20-13)10-4-5-12(11(15)8-10)16-6-2-3-7-16/h2-8,13H,9H2,1H3/t13-/m0/s1. The smallest absolute Gasteiger partial charge is 0.416 e. The molecule has 2 aromatic rings. The zero-order chi connectivity index (χ0) is 14.1. The molecule has 0 unspecified atom stereocenters. The van der Waals surface area contributed by atoms with Gasteiger partial charge >= 0.3 is 6.09 Å². The second-order valence-electron chi connectivity index (χ2n) is 4.39. The molecule has 3 rings (SSSR count). The van der Waals surface area contributed by atoms with Crippen LogP contribution in [0.1, 0.15) is 0 Å². The van der Waals surface area contributed by atoms with Crippen LogP contribution in [-0.2, 0) is 9.47 Å². The van der Waals surface area contributed by atoms with Gasteiger partial charge in [-0.05, 0) is 30.3 Å². The number of rotatable bonds is 3. The molecule has 0 bridgehead atoms. The molecule has 1 saturated heterocycles. The first-order valence-electron chi connectivity index (χ1n) is 6.13. The molecule has 1 atom stereocenters. The van der Waals surface area contributed by atoms with Crippen LogP contribution >= 0.6 is 0 Å². The highest BCUT2D eigenvalue weighted by Crippen LogP contribution is 2.25. The molecule has 0 aliphatic carbocycles. The van der Waals surface area contributed by atoms with Gasteiger partial charge in [0.05, 0.1) is 17.9 Å². The summed E-state index contributed by atoms with van der Waals surface area (Å²) in [5, 5.41) is 0. The molecule has 104 valence electrons. The minimum Gasteiger partial charge on any atom is -0.417 e. The van der Waals surface area contributed by atoms with Crippen LogP contribution in [0.15, 0.2) is 42.7 Å². The minimum absolute atomic E-state index is 0.248. The van der Waals surface area contributed by atoms with Crippen LogP contribution in [-0.4, -0.2) is 30.6 Å². The maximum Gasteiger partial charge on any atom is 0.416 e. The largest absolute Gasteiger partial charge is 0.417 e. The summed E-state index contributed by atoms with van der Waals surface area (Å²) in [6.07, 6.45) is 2.35. The number of cyclic esters (lactones) is 1. The number of ether oxygens (including phenoxy) is 2. The Morgan fingerprint density at radius 1 is 1.35 bits per heavy atom. The Labute approximate surface area is 115 Å². The second kappa shape index (κ2) is 4.97. The van der Waals surface area contributed by atoms with Gasteiger partial charge in [0.25, 0.3) is 0 Å². The number of carbonyl (C=O) groups excluding carboxylic acids is 1. The van der Waals surface area contributed by atoms with Gasteiger partial charge in [0.1, 0.15) is 5.82 Å².